The first kappa shape index (κ1) is 14.8. The van der Waals surface area contributed by atoms with Crippen molar-refractivity contribution in [2.75, 3.05) is 19.0 Å². The molecule has 1 aromatic carbocycles. The molecule has 1 aliphatic rings. The lowest BCUT2D eigenvalue weighted by atomic mass is 9.90. The third kappa shape index (κ3) is 2.93. The van der Waals surface area contributed by atoms with Gasteiger partial charge < -0.3 is 10.2 Å². The third-order valence-electron chi connectivity index (χ3n) is 4.51. The number of hydrogen-bond donors (Lipinski definition) is 1. The van der Waals surface area contributed by atoms with Gasteiger partial charge in [0.1, 0.15) is 0 Å². The molecule has 0 atom stereocenters. The Bertz CT molecular complexity index is 482. The summed E-state index contributed by atoms with van der Waals surface area (Å²) in [6.07, 6.45) is 4.59. The van der Waals surface area contributed by atoms with Gasteiger partial charge in [-0.15, -0.1) is 0 Å². The van der Waals surface area contributed by atoms with E-state index in [1.807, 2.05) is 20.0 Å². The van der Waals surface area contributed by atoms with Crippen molar-refractivity contribution >= 4 is 11.4 Å². The van der Waals surface area contributed by atoms with E-state index in [9.17, 15) is 10.1 Å². The molecule has 0 amide bonds. The first-order valence-electron chi connectivity index (χ1n) is 7.18. The first-order chi connectivity index (χ1) is 9.54. The molecule has 0 spiro atoms. The van der Waals surface area contributed by atoms with E-state index in [0.29, 0.717) is 12.1 Å². The molecule has 0 bridgehead atoms. The Labute approximate surface area is 120 Å². The molecule has 1 aromatic rings. The van der Waals surface area contributed by atoms with Crippen molar-refractivity contribution in [1.29, 1.82) is 0 Å². The molecule has 5 heteroatoms. The molecule has 20 heavy (non-hydrogen) atoms. The normalized spacial score (nSPS) is 22.6. The maximum atomic E-state index is 11.0. The molecule has 2 rings (SSSR count). The summed E-state index contributed by atoms with van der Waals surface area (Å²) in [6.45, 7) is 1.84. The van der Waals surface area contributed by atoms with Crippen LogP contribution in [0.4, 0.5) is 11.4 Å². The van der Waals surface area contributed by atoms with Crippen LogP contribution < -0.4 is 10.2 Å². The molecule has 1 aliphatic carbocycles. The zero-order valence-corrected chi connectivity index (χ0v) is 12.4. The number of hydrogen-bond acceptors (Lipinski definition) is 4. The van der Waals surface area contributed by atoms with Crippen LogP contribution in [0.2, 0.25) is 0 Å². The standard InChI is InChI=1S/C15H23N3O2/c1-11-14(5-4-6-15(11)18(19)20)17(3)13-9-7-12(16-2)8-10-13/h4-6,12-13,16H,7-10H2,1-3H3. The van der Waals surface area contributed by atoms with Gasteiger partial charge in [-0.2, -0.15) is 0 Å². The minimum absolute atomic E-state index is 0.207. The van der Waals surface area contributed by atoms with Crippen molar-refractivity contribution < 1.29 is 4.92 Å². The maximum Gasteiger partial charge on any atom is 0.274 e. The van der Waals surface area contributed by atoms with Crippen LogP contribution in [0.3, 0.4) is 0 Å². The van der Waals surface area contributed by atoms with Crippen molar-refractivity contribution in [3.05, 3.63) is 33.9 Å². The van der Waals surface area contributed by atoms with E-state index in [-0.39, 0.29) is 10.6 Å². The van der Waals surface area contributed by atoms with E-state index in [1.165, 1.54) is 12.8 Å². The summed E-state index contributed by atoms with van der Waals surface area (Å²) in [4.78, 5) is 12.9. The van der Waals surface area contributed by atoms with Gasteiger partial charge in [0.05, 0.1) is 10.5 Å². The molecular weight excluding hydrogens is 254 g/mol. The van der Waals surface area contributed by atoms with Gasteiger partial charge in [-0.25, -0.2) is 0 Å². The fourth-order valence-corrected chi connectivity index (χ4v) is 3.14. The van der Waals surface area contributed by atoms with Crippen LogP contribution in [0.1, 0.15) is 31.2 Å². The number of rotatable bonds is 4. The van der Waals surface area contributed by atoms with E-state index in [4.69, 9.17) is 0 Å². The highest BCUT2D eigenvalue weighted by Gasteiger charge is 2.25. The van der Waals surface area contributed by atoms with Crippen LogP contribution in [0.25, 0.3) is 0 Å². The largest absolute Gasteiger partial charge is 0.371 e. The lowest BCUT2D eigenvalue weighted by Gasteiger charge is -2.36. The number of anilines is 1. The molecule has 0 saturated heterocycles. The van der Waals surface area contributed by atoms with E-state index in [2.05, 4.69) is 17.3 Å². The second-order valence-corrected chi connectivity index (χ2v) is 5.58. The predicted molar refractivity (Wildman–Crippen MR) is 81.3 cm³/mol. The Morgan fingerprint density at radius 3 is 2.50 bits per heavy atom. The molecule has 0 unspecified atom stereocenters. The Kier molecular flexibility index (Phi) is 4.60. The topological polar surface area (TPSA) is 58.4 Å². The summed E-state index contributed by atoms with van der Waals surface area (Å²) >= 11 is 0. The summed E-state index contributed by atoms with van der Waals surface area (Å²) in [7, 11) is 4.07. The van der Waals surface area contributed by atoms with Gasteiger partial charge in [-0.3, -0.25) is 10.1 Å². The third-order valence-corrected chi connectivity index (χ3v) is 4.51. The SMILES string of the molecule is CNC1CCC(N(C)c2cccc([N+](=O)[O-])c2C)CC1. The van der Waals surface area contributed by atoms with Crippen molar-refractivity contribution in [3.63, 3.8) is 0 Å². The van der Waals surface area contributed by atoms with E-state index >= 15 is 0 Å². The van der Waals surface area contributed by atoms with E-state index in [1.54, 1.807) is 12.1 Å². The van der Waals surface area contributed by atoms with Gasteiger partial charge >= 0.3 is 0 Å². The zero-order valence-electron chi connectivity index (χ0n) is 12.4. The van der Waals surface area contributed by atoms with Crippen LogP contribution in [0.5, 0.6) is 0 Å². The number of benzene rings is 1. The average Bonchev–Trinajstić information content (AvgIpc) is 2.46. The predicted octanol–water partition coefficient (Wildman–Crippen LogP) is 2.87. The van der Waals surface area contributed by atoms with Crippen LogP contribution in [0, 0.1) is 17.0 Å². The van der Waals surface area contributed by atoms with Gasteiger partial charge in [0, 0.05) is 30.9 Å². The molecule has 1 N–H and O–H groups in total. The summed E-state index contributed by atoms with van der Waals surface area (Å²) in [5.74, 6) is 0. The van der Waals surface area contributed by atoms with E-state index < -0.39 is 0 Å². The van der Waals surface area contributed by atoms with Gasteiger partial charge in [0.25, 0.3) is 5.69 Å². The Morgan fingerprint density at radius 1 is 1.30 bits per heavy atom. The number of nitrogens with one attached hydrogen (secondary N) is 1. The molecular formula is C15H23N3O2. The van der Waals surface area contributed by atoms with Crippen LogP contribution in [-0.4, -0.2) is 31.1 Å². The summed E-state index contributed by atoms with van der Waals surface area (Å²) in [5.41, 5.74) is 1.95. The fraction of sp³-hybridized carbons (Fsp3) is 0.600. The van der Waals surface area contributed by atoms with Crippen molar-refractivity contribution in [2.24, 2.45) is 0 Å². The molecule has 0 aliphatic heterocycles. The highest BCUT2D eigenvalue weighted by Crippen LogP contribution is 2.32. The summed E-state index contributed by atoms with van der Waals surface area (Å²) in [5, 5.41) is 14.4. The molecule has 0 heterocycles. The monoisotopic (exact) mass is 277 g/mol. The zero-order chi connectivity index (χ0) is 14.7. The molecule has 1 saturated carbocycles. The van der Waals surface area contributed by atoms with Crippen LogP contribution >= 0.6 is 0 Å². The van der Waals surface area contributed by atoms with Crippen LogP contribution in [0.15, 0.2) is 18.2 Å². The Hall–Kier alpha value is -1.62. The lowest BCUT2D eigenvalue weighted by Crippen LogP contribution is -2.40. The Balaban J connectivity index is 2.15. The second-order valence-electron chi connectivity index (χ2n) is 5.58. The fourth-order valence-electron chi connectivity index (χ4n) is 3.14. The molecule has 1 fully saturated rings. The van der Waals surface area contributed by atoms with Crippen molar-refractivity contribution in [1.82, 2.24) is 5.32 Å². The van der Waals surface area contributed by atoms with Gasteiger partial charge in [0.15, 0.2) is 0 Å². The highest BCUT2D eigenvalue weighted by molar-refractivity contribution is 5.61. The first-order valence-corrected chi connectivity index (χ1v) is 7.18. The van der Waals surface area contributed by atoms with E-state index in [0.717, 1.165) is 24.1 Å². The number of nitrogens with zero attached hydrogens (tertiary/aromatic N) is 2. The van der Waals surface area contributed by atoms with Gasteiger partial charge in [-0.05, 0) is 45.7 Å². The van der Waals surface area contributed by atoms with Gasteiger partial charge in [-0.1, -0.05) is 6.07 Å². The summed E-state index contributed by atoms with van der Waals surface area (Å²) < 4.78 is 0. The molecule has 110 valence electrons. The number of nitro benzene ring substituents is 1. The average molecular weight is 277 g/mol. The number of nitro groups is 1. The van der Waals surface area contributed by atoms with Crippen molar-refractivity contribution in [3.8, 4) is 0 Å². The highest BCUT2D eigenvalue weighted by atomic mass is 16.6. The minimum Gasteiger partial charge on any atom is -0.371 e. The smallest absolute Gasteiger partial charge is 0.274 e. The maximum absolute atomic E-state index is 11.0. The molecule has 5 nitrogen and oxygen atoms in total. The second kappa shape index (κ2) is 6.22. The molecule has 0 radical (unpaired) electrons. The summed E-state index contributed by atoms with van der Waals surface area (Å²) in [6, 6.07) is 6.42. The van der Waals surface area contributed by atoms with Gasteiger partial charge in [0.2, 0.25) is 0 Å². The molecule has 0 aromatic heterocycles. The minimum atomic E-state index is -0.301. The van der Waals surface area contributed by atoms with Crippen LogP contribution in [-0.2, 0) is 0 Å². The Morgan fingerprint density at radius 2 is 1.95 bits per heavy atom. The lowest BCUT2D eigenvalue weighted by molar-refractivity contribution is -0.385. The van der Waals surface area contributed by atoms with Crippen molar-refractivity contribution in [2.45, 2.75) is 44.7 Å². The quantitative estimate of drug-likeness (QED) is 0.679.